The van der Waals surface area contributed by atoms with Crippen LogP contribution in [0.25, 0.3) is 27.9 Å². The van der Waals surface area contributed by atoms with Crippen molar-refractivity contribution in [3.63, 3.8) is 0 Å². The predicted molar refractivity (Wildman–Crippen MR) is 99.8 cm³/mol. The normalized spacial score (nSPS) is 12.7. The van der Waals surface area contributed by atoms with E-state index < -0.39 is 32.4 Å². The summed E-state index contributed by atoms with van der Waals surface area (Å²) in [6, 6.07) is 3.29. The number of fused-ring (bicyclic) bond motifs is 3. The minimum Gasteiger partial charge on any atom is -0.492 e. The molecule has 30 heavy (non-hydrogen) atoms. The number of hydrogen-bond acceptors (Lipinski definition) is 7. The van der Waals surface area contributed by atoms with Gasteiger partial charge < -0.3 is 4.74 Å². The van der Waals surface area contributed by atoms with E-state index in [9.17, 15) is 21.6 Å². The highest BCUT2D eigenvalue weighted by molar-refractivity contribution is 7.90. The predicted octanol–water partition coefficient (Wildman–Crippen LogP) is 2.50. The number of aryl methyl sites for hydroxylation is 1. The topological polar surface area (TPSA) is 104 Å². The molecule has 4 aromatic rings. The van der Waals surface area contributed by atoms with Crippen molar-refractivity contribution in [1.29, 1.82) is 0 Å². The van der Waals surface area contributed by atoms with Gasteiger partial charge in [-0.2, -0.15) is 18.3 Å². The summed E-state index contributed by atoms with van der Waals surface area (Å²) in [5.74, 6) is 0.532. The lowest BCUT2D eigenvalue weighted by Crippen LogP contribution is -2.13. The molecule has 0 radical (unpaired) electrons. The van der Waals surface area contributed by atoms with E-state index in [0.29, 0.717) is 35.1 Å². The first kappa shape index (κ1) is 20.1. The Morgan fingerprint density at radius 1 is 1.17 bits per heavy atom. The molecule has 0 aliphatic rings. The molecule has 0 spiro atoms. The average molecular weight is 440 g/mol. The van der Waals surface area contributed by atoms with E-state index in [0.717, 1.165) is 6.26 Å². The van der Waals surface area contributed by atoms with E-state index in [1.165, 1.54) is 16.2 Å². The number of hydrogen-bond donors (Lipinski definition) is 0. The Kier molecular flexibility index (Phi) is 4.45. The zero-order valence-electron chi connectivity index (χ0n) is 16.0. The van der Waals surface area contributed by atoms with Gasteiger partial charge in [-0.3, -0.25) is 0 Å². The highest BCUT2D eigenvalue weighted by Gasteiger charge is 2.38. The molecule has 0 unspecified atom stereocenters. The summed E-state index contributed by atoms with van der Waals surface area (Å²) in [6.45, 7) is 2.25. The average Bonchev–Trinajstić information content (AvgIpc) is 3.17. The van der Waals surface area contributed by atoms with E-state index in [1.807, 2.05) is 6.92 Å². The Labute approximate surface area is 168 Å². The number of sulfone groups is 1. The first-order chi connectivity index (χ1) is 14.0. The molecule has 0 N–H and O–H groups in total. The summed E-state index contributed by atoms with van der Waals surface area (Å²) < 4.78 is 72.8. The van der Waals surface area contributed by atoms with Crippen molar-refractivity contribution in [1.82, 2.24) is 29.4 Å². The fourth-order valence-corrected chi connectivity index (χ4v) is 3.57. The Bertz CT molecular complexity index is 1390. The number of ether oxygens (including phenoxy) is 1. The van der Waals surface area contributed by atoms with E-state index in [-0.39, 0.29) is 5.69 Å². The van der Waals surface area contributed by atoms with Crippen LogP contribution in [0.3, 0.4) is 0 Å². The van der Waals surface area contributed by atoms with Crippen molar-refractivity contribution in [3.05, 3.63) is 30.1 Å². The van der Waals surface area contributed by atoms with Gasteiger partial charge in [-0.15, -0.1) is 5.10 Å². The van der Waals surface area contributed by atoms with Crippen LogP contribution in [0.1, 0.15) is 12.5 Å². The van der Waals surface area contributed by atoms with Crippen LogP contribution in [0.15, 0.2) is 29.7 Å². The number of rotatable bonds is 4. The third-order valence-electron chi connectivity index (χ3n) is 4.32. The van der Waals surface area contributed by atoms with Crippen molar-refractivity contribution >= 4 is 26.4 Å². The summed E-state index contributed by atoms with van der Waals surface area (Å²) in [6.07, 6.45) is -1.95. The van der Waals surface area contributed by atoms with E-state index in [2.05, 4.69) is 20.2 Å². The van der Waals surface area contributed by atoms with Crippen molar-refractivity contribution in [2.75, 3.05) is 12.9 Å². The molecular formula is C17H15F3N6O3S. The maximum absolute atomic E-state index is 13.6. The van der Waals surface area contributed by atoms with Crippen LogP contribution in [-0.4, -0.2) is 50.6 Å². The summed E-state index contributed by atoms with van der Waals surface area (Å²) in [7, 11) is -2.42. The lowest BCUT2D eigenvalue weighted by atomic mass is 10.1. The van der Waals surface area contributed by atoms with Crippen LogP contribution in [-0.2, 0) is 23.1 Å². The molecule has 0 bridgehead atoms. The van der Waals surface area contributed by atoms with Crippen molar-refractivity contribution in [2.24, 2.45) is 7.05 Å². The van der Waals surface area contributed by atoms with Gasteiger partial charge >= 0.3 is 6.18 Å². The molecule has 0 saturated carbocycles. The molecule has 0 amide bonds. The number of halogens is 3. The molecular weight excluding hydrogens is 425 g/mol. The minimum atomic E-state index is -4.82. The van der Waals surface area contributed by atoms with Crippen LogP contribution in [0.4, 0.5) is 13.2 Å². The SMILES string of the molecule is CCOc1ccc2c3c(-c4nc(S(C)(=O)=O)ncc4C(F)(F)F)nn(C)c3nn2c1. The van der Waals surface area contributed by atoms with Crippen LogP contribution in [0.5, 0.6) is 5.75 Å². The lowest BCUT2D eigenvalue weighted by molar-refractivity contribution is -0.137. The van der Waals surface area contributed by atoms with Gasteiger partial charge in [0, 0.05) is 19.5 Å². The van der Waals surface area contributed by atoms with Gasteiger partial charge in [0.15, 0.2) is 5.65 Å². The van der Waals surface area contributed by atoms with Crippen molar-refractivity contribution in [3.8, 4) is 17.1 Å². The van der Waals surface area contributed by atoms with E-state index in [4.69, 9.17) is 4.74 Å². The summed E-state index contributed by atoms with van der Waals surface area (Å²) in [5, 5.41) is 8.08. The lowest BCUT2D eigenvalue weighted by Gasteiger charge is -2.11. The van der Waals surface area contributed by atoms with Crippen molar-refractivity contribution < 1.29 is 26.3 Å². The quantitative estimate of drug-likeness (QED) is 0.449. The van der Waals surface area contributed by atoms with E-state index in [1.54, 1.807) is 18.3 Å². The molecule has 4 heterocycles. The standard InChI is InChI=1S/C17H15F3N6O3S/c1-4-29-9-5-6-11-12-14(23-25(2)15(12)24-26(11)8-9)13-10(17(18,19)20)7-21-16(22-13)30(3,27)28/h5-8H,4H2,1-3H3. The molecule has 13 heteroatoms. The fraction of sp³-hybridized carbons (Fsp3) is 0.294. The molecule has 0 saturated heterocycles. The van der Waals surface area contributed by atoms with E-state index >= 15 is 0 Å². The molecule has 0 aromatic carbocycles. The highest BCUT2D eigenvalue weighted by atomic mass is 32.2. The second-order valence-corrected chi connectivity index (χ2v) is 8.39. The van der Waals surface area contributed by atoms with Gasteiger partial charge in [0.05, 0.1) is 23.7 Å². The van der Waals surface area contributed by atoms with Crippen LogP contribution >= 0.6 is 0 Å². The number of alkyl halides is 3. The highest BCUT2D eigenvalue weighted by Crippen LogP contribution is 2.39. The summed E-state index contributed by atoms with van der Waals surface area (Å²) in [4.78, 5) is 7.10. The van der Waals surface area contributed by atoms with Gasteiger partial charge in [-0.25, -0.2) is 27.6 Å². The minimum absolute atomic E-state index is 0.147. The molecule has 4 aromatic heterocycles. The maximum Gasteiger partial charge on any atom is 0.420 e. The van der Waals surface area contributed by atoms with Gasteiger partial charge in [0.25, 0.3) is 0 Å². The van der Waals surface area contributed by atoms with Crippen LogP contribution in [0.2, 0.25) is 0 Å². The number of aromatic nitrogens is 6. The summed E-state index contributed by atoms with van der Waals surface area (Å²) >= 11 is 0. The zero-order valence-corrected chi connectivity index (χ0v) is 16.8. The largest absolute Gasteiger partial charge is 0.492 e. The fourth-order valence-electron chi connectivity index (χ4n) is 3.07. The molecule has 0 fully saturated rings. The molecule has 158 valence electrons. The van der Waals surface area contributed by atoms with Crippen molar-refractivity contribution in [2.45, 2.75) is 18.3 Å². The van der Waals surface area contributed by atoms with Gasteiger partial charge in [0.1, 0.15) is 22.7 Å². The second kappa shape index (κ2) is 6.65. The Morgan fingerprint density at radius 3 is 2.53 bits per heavy atom. The molecule has 0 aliphatic carbocycles. The first-order valence-corrected chi connectivity index (χ1v) is 10.5. The van der Waals surface area contributed by atoms with Crippen LogP contribution < -0.4 is 4.74 Å². The van der Waals surface area contributed by atoms with Crippen LogP contribution in [0, 0.1) is 0 Å². The third-order valence-corrected chi connectivity index (χ3v) is 5.18. The van der Waals surface area contributed by atoms with Gasteiger partial charge in [-0.1, -0.05) is 0 Å². The number of nitrogens with zero attached hydrogens (tertiary/aromatic N) is 6. The molecule has 9 nitrogen and oxygen atoms in total. The molecule has 0 aliphatic heterocycles. The molecule has 4 rings (SSSR count). The summed E-state index contributed by atoms with van der Waals surface area (Å²) in [5.41, 5.74) is -1.21. The van der Waals surface area contributed by atoms with Gasteiger partial charge in [0.2, 0.25) is 15.0 Å². The van der Waals surface area contributed by atoms with Gasteiger partial charge in [-0.05, 0) is 19.1 Å². The number of pyridine rings is 1. The Hall–Kier alpha value is -3.22. The Balaban J connectivity index is 2.07. The maximum atomic E-state index is 13.6. The monoisotopic (exact) mass is 440 g/mol. The smallest absolute Gasteiger partial charge is 0.420 e. The second-order valence-electron chi connectivity index (χ2n) is 6.48. The zero-order chi connectivity index (χ0) is 21.8. The molecule has 0 atom stereocenters. The first-order valence-electron chi connectivity index (χ1n) is 8.63. The third kappa shape index (κ3) is 3.24. The Morgan fingerprint density at radius 2 is 1.90 bits per heavy atom.